The molecule has 0 saturated carbocycles. The second-order valence-electron chi connectivity index (χ2n) is 4.57. The highest BCUT2D eigenvalue weighted by Crippen LogP contribution is 2.22. The molecule has 3 heterocycles. The highest BCUT2D eigenvalue weighted by Gasteiger charge is 2.26. The number of hydrogen-bond acceptors (Lipinski definition) is 4. The molecule has 0 saturated heterocycles. The summed E-state index contributed by atoms with van der Waals surface area (Å²) in [4.78, 5) is 0. The summed E-state index contributed by atoms with van der Waals surface area (Å²) in [5, 5.41) is 12.9. The Bertz CT molecular complexity index is 653. The Kier molecular flexibility index (Phi) is 2.39. The van der Waals surface area contributed by atoms with Crippen LogP contribution in [-0.4, -0.2) is 21.7 Å². The molecule has 4 heteroatoms. The molecule has 0 fully saturated rings. The fourth-order valence-corrected chi connectivity index (χ4v) is 2.28. The number of nitrogens with zero attached hydrogens (tertiary/aromatic N) is 4. The van der Waals surface area contributed by atoms with Crippen LogP contribution in [0.3, 0.4) is 0 Å². The van der Waals surface area contributed by atoms with Gasteiger partial charge in [0.15, 0.2) is 11.7 Å². The van der Waals surface area contributed by atoms with E-state index in [1.165, 1.54) is 0 Å². The summed E-state index contributed by atoms with van der Waals surface area (Å²) in [5.41, 5.74) is 2.11. The first-order chi connectivity index (χ1) is 9.92. The lowest BCUT2D eigenvalue weighted by Crippen LogP contribution is -2.40. The first-order valence-corrected chi connectivity index (χ1v) is 6.47. The quantitative estimate of drug-likeness (QED) is 0.831. The summed E-state index contributed by atoms with van der Waals surface area (Å²) in [6.45, 7) is 0. The summed E-state index contributed by atoms with van der Waals surface area (Å²) >= 11 is 0. The number of amidine groups is 2. The van der Waals surface area contributed by atoms with Crippen LogP contribution in [0.2, 0.25) is 0 Å². The van der Waals surface area contributed by atoms with E-state index in [0.29, 0.717) is 0 Å². The van der Waals surface area contributed by atoms with Crippen molar-refractivity contribution in [1.29, 1.82) is 0 Å². The van der Waals surface area contributed by atoms with Crippen molar-refractivity contribution < 1.29 is 0 Å². The molecule has 2 bridgehead atoms. The first kappa shape index (κ1) is 11.0. The molecule has 4 nitrogen and oxygen atoms in total. The summed E-state index contributed by atoms with van der Waals surface area (Å²) < 4.78 is 0. The van der Waals surface area contributed by atoms with Gasteiger partial charge in [-0.05, 0) is 0 Å². The van der Waals surface area contributed by atoms with E-state index in [4.69, 9.17) is 0 Å². The van der Waals surface area contributed by atoms with E-state index in [0.717, 1.165) is 22.8 Å². The van der Waals surface area contributed by atoms with Crippen LogP contribution in [0.25, 0.3) is 0 Å². The van der Waals surface area contributed by atoms with Gasteiger partial charge in [-0.25, -0.2) is 10.0 Å². The molecule has 0 amide bonds. The largest absolute Gasteiger partial charge is 0.217 e. The summed E-state index contributed by atoms with van der Waals surface area (Å²) in [6.07, 6.45) is 3.84. The lowest BCUT2D eigenvalue weighted by Gasteiger charge is -2.32. The van der Waals surface area contributed by atoms with Crippen molar-refractivity contribution in [1.82, 2.24) is 10.0 Å². The van der Waals surface area contributed by atoms with Gasteiger partial charge < -0.3 is 0 Å². The Morgan fingerprint density at radius 2 is 0.950 bits per heavy atom. The molecule has 0 spiro atoms. The van der Waals surface area contributed by atoms with Crippen LogP contribution in [-0.2, 0) is 0 Å². The summed E-state index contributed by atoms with van der Waals surface area (Å²) in [7, 11) is 0. The lowest BCUT2D eigenvalue weighted by atomic mass is 10.2. The van der Waals surface area contributed by atoms with Crippen molar-refractivity contribution in [2.45, 2.75) is 0 Å². The van der Waals surface area contributed by atoms with Gasteiger partial charge in [-0.3, -0.25) is 0 Å². The second kappa shape index (κ2) is 4.35. The van der Waals surface area contributed by atoms with Gasteiger partial charge in [0.05, 0.1) is 0 Å². The molecule has 3 aliphatic heterocycles. The lowest BCUT2D eigenvalue weighted by molar-refractivity contribution is 0.444. The van der Waals surface area contributed by atoms with E-state index < -0.39 is 0 Å². The fraction of sp³-hybridized carbons (Fsp3) is 0. The Labute approximate surface area is 116 Å². The standard InChI is InChI=1S/C16H12N4/c1-3-7-13(8-4-1)15-17-20-12-11-19(15)18-16(20)14-9-5-2-6-10-14/h1-12H. The van der Waals surface area contributed by atoms with E-state index in [1.54, 1.807) is 0 Å². The van der Waals surface area contributed by atoms with Crippen LogP contribution in [0.15, 0.2) is 83.3 Å². The van der Waals surface area contributed by atoms with Gasteiger partial charge in [0.2, 0.25) is 0 Å². The third kappa shape index (κ3) is 1.70. The topological polar surface area (TPSA) is 31.2 Å². The minimum Gasteiger partial charge on any atom is -0.217 e. The van der Waals surface area contributed by atoms with Gasteiger partial charge in [0.1, 0.15) is 0 Å². The van der Waals surface area contributed by atoms with Crippen LogP contribution in [0.4, 0.5) is 0 Å². The molecule has 0 N–H and O–H groups in total. The Morgan fingerprint density at radius 1 is 0.550 bits per heavy atom. The maximum Gasteiger partial charge on any atom is 0.181 e. The third-order valence-corrected chi connectivity index (χ3v) is 3.25. The van der Waals surface area contributed by atoms with Gasteiger partial charge >= 0.3 is 0 Å². The average Bonchev–Trinajstić information content (AvgIpc) is 2.57. The van der Waals surface area contributed by atoms with Crippen molar-refractivity contribution >= 4 is 11.7 Å². The maximum atomic E-state index is 4.64. The van der Waals surface area contributed by atoms with E-state index in [-0.39, 0.29) is 0 Å². The first-order valence-electron chi connectivity index (χ1n) is 6.47. The molecule has 20 heavy (non-hydrogen) atoms. The fourth-order valence-electron chi connectivity index (χ4n) is 2.28. The molecule has 0 radical (unpaired) electrons. The molecular formula is C16H12N4. The van der Waals surface area contributed by atoms with Gasteiger partial charge in [0, 0.05) is 23.5 Å². The van der Waals surface area contributed by atoms with Crippen LogP contribution in [0.1, 0.15) is 11.1 Å². The van der Waals surface area contributed by atoms with Crippen molar-refractivity contribution in [3.8, 4) is 0 Å². The average molecular weight is 260 g/mol. The molecular weight excluding hydrogens is 248 g/mol. The molecule has 0 atom stereocenters. The Balaban J connectivity index is 1.72. The zero-order valence-corrected chi connectivity index (χ0v) is 10.7. The highest BCUT2D eigenvalue weighted by atomic mass is 15.6. The Hall–Kier alpha value is -2.88. The van der Waals surface area contributed by atoms with Crippen LogP contribution >= 0.6 is 0 Å². The minimum atomic E-state index is 0.841. The molecule has 0 aromatic heterocycles. The van der Waals surface area contributed by atoms with E-state index in [2.05, 4.69) is 10.2 Å². The van der Waals surface area contributed by atoms with Gasteiger partial charge in [-0.2, -0.15) is 0 Å². The highest BCUT2D eigenvalue weighted by molar-refractivity contribution is 6.07. The maximum absolute atomic E-state index is 4.64. The summed E-state index contributed by atoms with van der Waals surface area (Å²) in [5.74, 6) is 1.68. The van der Waals surface area contributed by atoms with Crippen molar-refractivity contribution in [3.05, 3.63) is 84.2 Å². The molecule has 96 valence electrons. The van der Waals surface area contributed by atoms with E-state index in [1.807, 2.05) is 83.1 Å². The van der Waals surface area contributed by atoms with Crippen LogP contribution in [0.5, 0.6) is 0 Å². The molecule has 5 rings (SSSR count). The van der Waals surface area contributed by atoms with Gasteiger partial charge in [0.25, 0.3) is 0 Å². The van der Waals surface area contributed by atoms with Crippen molar-refractivity contribution in [2.24, 2.45) is 10.2 Å². The van der Waals surface area contributed by atoms with Crippen LogP contribution in [0, 0.1) is 0 Å². The van der Waals surface area contributed by atoms with Crippen molar-refractivity contribution in [3.63, 3.8) is 0 Å². The van der Waals surface area contributed by atoms with Gasteiger partial charge in [-0.1, -0.05) is 60.7 Å². The number of rotatable bonds is 2. The molecule has 0 aliphatic carbocycles. The SMILES string of the molecule is C1=CN2N=C(c3ccccc3)N1N=C2c1ccccc1. The molecule has 0 unspecified atom stereocenters. The number of hydrazone groups is 2. The van der Waals surface area contributed by atoms with Crippen LogP contribution < -0.4 is 0 Å². The zero-order chi connectivity index (χ0) is 13.4. The predicted octanol–water partition coefficient (Wildman–Crippen LogP) is 2.81. The van der Waals surface area contributed by atoms with Gasteiger partial charge in [-0.15, -0.1) is 10.2 Å². The molecule has 2 aromatic carbocycles. The number of benzene rings is 2. The Morgan fingerprint density at radius 3 is 1.30 bits per heavy atom. The number of hydrogen-bond donors (Lipinski definition) is 0. The summed E-state index contributed by atoms with van der Waals surface area (Å²) in [6, 6.07) is 20.1. The molecule has 3 aliphatic rings. The normalized spacial score (nSPS) is 16.2. The second-order valence-corrected chi connectivity index (χ2v) is 4.57. The molecule has 2 aromatic rings. The predicted molar refractivity (Wildman–Crippen MR) is 78.8 cm³/mol. The zero-order valence-electron chi connectivity index (χ0n) is 10.7. The monoisotopic (exact) mass is 260 g/mol. The third-order valence-electron chi connectivity index (χ3n) is 3.25. The van der Waals surface area contributed by atoms with Crippen molar-refractivity contribution in [2.75, 3.05) is 0 Å². The van der Waals surface area contributed by atoms with E-state index in [9.17, 15) is 0 Å². The minimum absolute atomic E-state index is 0.841. The smallest absolute Gasteiger partial charge is 0.181 e. The van der Waals surface area contributed by atoms with E-state index >= 15 is 0 Å².